The van der Waals surface area contributed by atoms with Crippen LogP contribution in [0.15, 0.2) is 16.8 Å². The molecule has 208 valence electrons. The van der Waals surface area contributed by atoms with Crippen LogP contribution in [0.2, 0.25) is 0 Å². The second-order valence-electron chi connectivity index (χ2n) is 11.3. The van der Waals surface area contributed by atoms with Crippen molar-refractivity contribution < 1.29 is 14.6 Å². The summed E-state index contributed by atoms with van der Waals surface area (Å²) < 4.78 is 7.44. The highest BCUT2D eigenvalue weighted by atomic mass is 32.2. The van der Waals surface area contributed by atoms with Crippen LogP contribution in [0, 0.1) is 13.8 Å². The van der Waals surface area contributed by atoms with Gasteiger partial charge in [0.2, 0.25) is 5.95 Å². The van der Waals surface area contributed by atoms with Crippen LogP contribution in [-0.4, -0.2) is 66.9 Å². The minimum atomic E-state index is -1.10. The molecular weight excluding hydrogens is 514 g/mol. The van der Waals surface area contributed by atoms with Crippen LogP contribution in [0.5, 0.6) is 5.75 Å². The predicted octanol–water partition coefficient (Wildman–Crippen LogP) is 5.20. The second kappa shape index (κ2) is 10.8. The standard InChI is InChI=1S/C28H37N7O3S/c1-16-13-30-21(17(2)23(16)38-6)14-34-24-22-20(33-34)12-18(10-11-29-19-8-7-9-19)15-39-25(22)32-26(31-24)35(27(36)37)28(3,4)5/h12-13,19,29H,7-11,14-15H2,1-6H3,(H,36,37). The molecule has 3 aromatic heterocycles. The SMILES string of the molecule is COc1c(C)cnc(Cn2nc3c4c(nc(N(C(=O)O)C(C)(C)C)nc42)SCC(CCNC2CCC2)=C3)c1C. The number of thioether (sulfide) groups is 1. The number of aromatic nitrogens is 5. The molecule has 39 heavy (non-hydrogen) atoms. The summed E-state index contributed by atoms with van der Waals surface area (Å²) in [4.78, 5) is 27.8. The molecule has 0 aromatic carbocycles. The molecule has 11 heteroatoms. The van der Waals surface area contributed by atoms with E-state index in [1.54, 1.807) is 25.1 Å². The summed E-state index contributed by atoms with van der Waals surface area (Å²) in [6.07, 6.45) is 7.61. The van der Waals surface area contributed by atoms with Crippen LogP contribution >= 0.6 is 11.8 Å². The Morgan fingerprint density at radius 2 is 2.05 bits per heavy atom. The molecule has 0 radical (unpaired) electrons. The number of hydrogen-bond acceptors (Lipinski definition) is 8. The molecule has 2 aliphatic rings. The molecule has 0 saturated heterocycles. The van der Waals surface area contributed by atoms with Gasteiger partial charge in [-0.1, -0.05) is 12.0 Å². The molecule has 0 atom stereocenters. The van der Waals surface area contributed by atoms with Crippen LogP contribution in [-0.2, 0) is 6.54 Å². The molecule has 1 aliphatic carbocycles. The molecule has 2 N–H and O–H groups in total. The molecule has 1 amide bonds. The zero-order valence-electron chi connectivity index (χ0n) is 23.5. The number of ether oxygens (including phenoxy) is 1. The quantitative estimate of drug-likeness (QED) is 0.364. The fraction of sp³-hybridized carbons (Fsp3) is 0.536. The number of anilines is 1. The lowest BCUT2D eigenvalue weighted by molar-refractivity contribution is 0.195. The number of amides is 1. The topological polar surface area (TPSA) is 118 Å². The van der Waals surface area contributed by atoms with Gasteiger partial charge in [-0.15, -0.1) is 11.8 Å². The minimum absolute atomic E-state index is 0.152. The van der Waals surface area contributed by atoms with Gasteiger partial charge in [0.1, 0.15) is 10.8 Å². The summed E-state index contributed by atoms with van der Waals surface area (Å²) in [6, 6.07) is 0.641. The monoisotopic (exact) mass is 551 g/mol. The lowest BCUT2D eigenvalue weighted by Gasteiger charge is -2.31. The molecular formula is C28H37N7O3S. The van der Waals surface area contributed by atoms with Gasteiger partial charge in [-0.05, 0) is 66.5 Å². The predicted molar refractivity (Wildman–Crippen MR) is 154 cm³/mol. The smallest absolute Gasteiger partial charge is 0.414 e. The van der Waals surface area contributed by atoms with Crippen molar-refractivity contribution in [3.63, 3.8) is 0 Å². The van der Waals surface area contributed by atoms with E-state index in [0.29, 0.717) is 18.2 Å². The number of methoxy groups -OCH3 is 1. The summed E-state index contributed by atoms with van der Waals surface area (Å²) in [7, 11) is 1.66. The molecule has 0 spiro atoms. The fourth-order valence-corrected chi connectivity index (χ4v) is 6.14. The van der Waals surface area contributed by atoms with Crippen molar-refractivity contribution in [1.82, 2.24) is 30.0 Å². The van der Waals surface area contributed by atoms with Crippen LogP contribution in [0.1, 0.15) is 69.0 Å². The Morgan fingerprint density at radius 1 is 1.28 bits per heavy atom. The maximum absolute atomic E-state index is 12.3. The summed E-state index contributed by atoms with van der Waals surface area (Å²) >= 11 is 1.62. The van der Waals surface area contributed by atoms with E-state index in [1.807, 2.05) is 39.3 Å². The molecule has 0 bridgehead atoms. The highest BCUT2D eigenvalue weighted by Crippen LogP contribution is 2.37. The average Bonchev–Trinajstić information content (AvgIpc) is 3.06. The van der Waals surface area contributed by atoms with Crippen molar-refractivity contribution in [2.24, 2.45) is 0 Å². The number of carbonyl (C=O) groups is 1. The summed E-state index contributed by atoms with van der Waals surface area (Å²) in [5.41, 5.74) is 4.68. The number of nitrogens with one attached hydrogen (secondary N) is 1. The first-order valence-corrected chi connectivity index (χ1v) is 14.4. The number of hydrogen-bond donors (Lipinski definition) is 2. The highest BCUT2D eigenvalue weighted by Gasteiger charge is 2.33. The van der Waals surface area contributed by atoms with E-state index in [9.17, 15) is 9.90 Å². The molecule has 0 unspecified atom stereocenters. The number of aryl methyl sites for hydroxylation is 1. The summed E-state index contributed by atoms with van der Waals surface area (Å²) in [5.74, 6) is 1.72. The Bertz CT molecular complexity index is 1440. The van der Waals surface area contributed by atoms with E-state index in [1.165, 1.54) is 29.7 Å². The lowest BCUT2D eigenvalue weighted by Crippen LogP contribution is -2.46. The van der Waals surface area contributed by atoms with Gasteiger partial charge in [-0.2, -0.15) is 10.1 Å². The Balaban J connectivity index is 1.59. The zero-order chi connectivity index (χ0) is 27.9. The fourth-order valence-electron chi connectivity index (χ4n) is 5.11. The molecule has 1 saturated carbocycles. The van der Waals surface area contributed by atoms with Crippen molar-refractivity contribution in [2.75, 3.05) is 24.3 Å². The van der Waals surface area contributed by atoms with Crippen molar-refractivity contribution >= 4 is 40.9 Å². The number of rotatable bonds is 8. The van der Waals surface area contributed by atoms with Crippen LogP contribution in [0.4, 0.5) is 10.7 Å². The van der Waals surface area contributed by atoms with E-state index in [0.717, 1.165) is 57.4 Å². The molecule has 10 nitrogen and oxygen atoms in total. The van der Waals surface area contributed by atoms with Gasteiger partial charge in [0.25, 0.3) is 0 Å². The minimum Gasteiger partial charge on any atom is -0.496 e. The average molecular weight is 552 g/mol. The Kier molecular flexibility index (Phi) is 7.56. The first kappa shape index (κ1) is 27.4. The van der Waals surface area contributed by atoms with Gasteiger partial charge >= 0.3 is 6.09 Å². The van der Waals surface area contributed by atoms with Crippen LogP contribution in [0.3, 0.4) is 0 Å². The van der Waals surface area contributed by atoms with Gasteiger partial charge in [0.15, 0.2) is 5.65 Å². The molecule has 1 fully saturated rings. The number of pyridine rings is 1. The van der Waals surface area contributed by atoms with Crippen molar-refractivity contribution in [2.45, 2.75) is 83.5 Å². The maximum Gasteiger partial charge on any atom is 0.414 e. The van der Waals surface area contributed by atoms with Gasteiger partial charge in [-0.25, -0.2) is 19.4 Å². The Hall–Kier alpha value is -3.18. The molecule has 1 aliphatic heterocycles. The Labute approximate surface area is 233 Å². The third-order valence-electron chi connectivity index (χ3n) is 7.40. The van der Waals surface area contributed by atoms with Crippen molar-refractivity contribution in [3.05, 3.63) is 34.3 Å². The lowest BCUT2D eigenvalue weighted by atomic mass is 9.93. The van der Waals surface area contributed by atoms with Crippen molar-refractivity contribution in [1.29, 1.82) is 0 Å². The number of nitrogens with zero attached hydrogens (tertiary/aromatic N) is 6. The Morgan fingerprint density at radius 3 is 2.69 bits per heavy atom. The van der Waals surface area contributed by atoms with Gasteiger partial charge in [0, 0.05) is 34.7 Å². The third kappa shape index (κ3) is 5.47. The summed E-state index contributed by atoms with van der Waals surface area (Å²) in [6.45, 7) is 10.8. The highest BCUT2D eigenvalue weighted by molar-refractivity contribution is 7.99. The molecule has 4 heterocycles. The van der Waals surface area contributed by atoms with E-state index in [-0.39, 0.29) is 5.95 Å². The van der Waals surface area contributed by atoms with Crippen LogP contribution in [0.25, 0.3) is 17.1 Å². The maximum atomic E-state index is 12.3. The van der Waals surface area contributed by atoms with E-state index in [2.05, 4.69) is 16.4 Å². The van der Waals surface area contributed by atoms with Gasteiger partial charge < -0.3 is 15.2 Å². The summed E-state index contributed by atoms with van der Waals surface area (Å²) in [5, 5.41) is 20.3. The normalized spacial score (nSPS) is 15.6. The van der Waals surface area contributed by atoms with E-state index >= 15 is 0 Å². The molecule has 5 rings (SSSR count). The number of carboxylic acid groups (broad SMARTS) is 1. The molecule has 3 aromatic rings. The third-order valence-corrected chi connectivity index (χ3v) is 8.49. The van der Waals surface area contributed by atoms with E-state index in [4.69, 9.17) is 19.8 Å². The first-order valence-electron chi connectivity index (χ1n) is 13.4. The second-order valence-corrected chi connectivity index (χ2v) is 12.3. The largest absolute Gasteiger partial charge is 0.496 e. The van der Waals surface area contributed by atoms with Crippen LogP contribution < -0.4 is 15.0 Å². The zero-order valence-corrected chi connectivity index (χ0v) is 24.4. The van der Waals surface area contributed by atoms with Crippen molar-refractivity contribution in [3.8, 4) is 5.75 Å². The first-order chi connectivity index (χ1) is 18.6. The van der Waals surface area contributed by atoms with E-state index < -0.39 is 11.6 Å². The van der Waals surface area contributed by atoms with Gasteiger partial charge in [0.05, 0.1) is 30.4 Å². The van der Waals surface area contributed by atoms with Gasteiger partial charge in [-0.3, -0.25) is 4.98 Å².